The molecule has 1 amide bonds. The predicted molar refractivity (Wildman–Crippen MR) is 121 cm³/mol. The van der Waals surface area contributed by atoms with Crippen LogP contribution in [-0.2, 0) is 14.6 Å². The summed E-state index contributed by atoms with van der Waals surface area (Å²) >= 11 is 0. The van der Waals surface area contributed by atoms with Gasteiger partial charge >= 0.3 is 0 Å². The molecule has 0 aliphatic carbocycles. The first-order valence-corrected chi connectivity index (χ1v) is 12.1. The van der Waals surface area contributed by atoms with E-state index in [1.807, 2.05) is 0 Å². The summed E-state index contributed by atoms with van der Waals surface area (Å²) in [5.74, 6) is -2.72. The van der Waals surface area contributed by atoms with Crippen LogP contribution in [0.5, 0.6) is 0 Å². The fourth-order valence-electron chi connectivity index (χ4n) is 4.33. The van der Waals surface area contributed by atoms with Gasteiger partial charge < -0.3 is 10.6 Å². The van der Waals surface area contributed by atoms with E-state index in [1.165, 1.54) is 25.7 Å². The van der Waals surface area contributed by atoms with Crippen LogP contribution in [0.3, 0.4) is 0 Å². The number of carbonyl (C=O) groups is 1. The summed E-state index contributed by atoms with van der Waals surface area (Å²) in [5, 5.41) is 3.95. The number of nitrogens with zero attached hydrogens (tertiary/aromatic N) is 3. The molecule has 12 heteroatoms. The molecule has 8 nitrogen and oxygen atoms in total. The molecule has 2 N–H and O–H groups in total. The second kappa shape index (κ2) is 8.36. The summed E-state index contributed by atoms with van der Waals surface area (Å²) in [6.07, 6.45) is 1.94. The Morgan fingerprint density at radius 2 is 1.94 bits per heavy atom. The van der Waals surface area contributed by atoms with Crippen molar-refractivity contribution < 1.29 is 31.2 Å². The van der Waals surface area contributed by atoms with E-state index in [9.17, 15) is 31.2 Å². The van der Waals surface area contributed by atoms with Crippen molar-refractivity contribution in [3.05, 3.63) is 58.9 Å². The van der Waals surface area contributed by atoms with Crippen LogP contribution < -0.4 is 10.6 Å². The molecule has 3 heterocycles. The molecule has 2 aromatic heterocycles. The molecular formula is C23H22F3N4O4S. The molecular weight excluding hydrogens is 485 g/mol. The minimum Gasteiger partial charge on any atom is -0.365 e. The topological polar surface area (TPSA) is 115 Å². The Morgan fingerprint density at radius 3 is 2.54 bits per heavy atom. The average molecular weight is 508 g/mol. The number of sulfone groups is 1. The number of amides is 1. The van der Waals surface area contributed by atoms with E-state index in [0.29, 0.717) is 0 Å². The zero-order valence-electron chi connectivity index (χ0n) is 19.0. The molecule has 1 aromatic carbocycles. The molecule has 1 aliphatic heterocycles. The number of benzene rings is 1. The molecule has 1 fully saturated rings. The number of rotatable bonds is 5. The summed E-state index contributed by atoms with van der Waals surface area (Å²) in [5.41, 5.74) is 4.43. The number of pyridine rings is 1. The third-order valence-electron chi connectivity index (χ3n) is 6.05. The maximum atomic E-state index is 14.8. The van der Waals surface area contributed by atoms with Gasteiger partial charge in [0, 0.05) is 24.7 Å². The largest absolute Gasteiger partial charge is 0.365 e. The van der Waals surface area contributed by atoms with E-state index in [-0.39, 0.29) is 28.8 Å². The maximum Gasteiger partial charge on any atom is 0.253 e. The van der Waals surface area contributed by atoms with Gasteiger partial charge in [-0.15, -0.1) is 0 Å². The van der Waals surface area contributed by atoms with Gasteiger partial charge in [-0.3, -0.25) is 9.59 Å². The van der Waals surface area contributed by atoms with E-state index in [1.54, 1.807) is 6.29 Å². The summed E-state index contributed by atoms with van der Waals surface area (Å²) in [6, 6.07) is 1.52. The lowest BCUT2D eigenvalue weighted by molar-refractivity contribution is 0.100. The van der Waals surface area contributed by atoms with E-state index < -0.39 is 61.3 Å². The predicted octanol–water partition coefficient (Wildman–Crippen LogP) is 3.03. The zero-order valence-corrected chi connectivity index (χ0v) is 19.9. The number of anilines is 1. The van der Waals surface area contributed by atoms with Gasteiger partial charge in [0.1, 0.15) is 22.7 Å². The van der Waals surface area contributed by atoms with Gasteiger partial charge in [-0.05, 0) is 39.0 Å². The summed E-state index contributed by atoms with van der Waals surface area (Å²) in [7, 11) is -4.23. The van der Waals surface area contributed by atoms with Crippen LogP contribution in [-0.4, -0.2) is 47.7 Å². The molecule has 1 radical (unpaired) electrons. The van der Waals surface area contributed by atoms with Gasteiger partial charge in [0.2, 0.25) is 6.29 Å². The van der Waals surface area contributed by atoms with Crippen molar-refractivity contribution in [2.45, 2.75) is 49.0 Å². The van der Waals surface area contributed by atoms with Gasteiger partial charge in [0.15, 0.2) is 9.84 Å². The molecule has 0 spiro atoms. The quantitative estimate of drug-likeness (QED) is 0.568. The van der Waals surface area contributed by atoms with Crippen molar-refractivity contribution in [2.75, 3.05) is 11.4 Å². The number of nitrogens with two attached hydrogens (primary N) is 1. The second-order valence-electron chi connectivity index (χ2n) is 9.32. The van der Waals surface area contributed by atoms with Crippen LogP contribution in [0.4, 0.5) is 18.9 Å². The molecule has 0 saturated carbocycles. The van der Waals surface area contributed by atoms with Gasteiger partial charge in [0.05, 0.1) is 39.3 Å². The summed E-state index contributed by atoms with van der Waals surface area (Å²) in [6.45, 7) is 3.86. The van der Waals surface area contributed by atoms with Crippen molar-refractivity contribution >= 4 is 33.2 Å². The molecule has 3 aromatic rings. The Morgan fingerprint density at radius 1 is 1.26 bits per heavy atom. The van der Waals surface area contributed by atoms with Crippen molar-refractivity contribution in [3.63, 3.8) is 0 Å². The summed E-state index contributed by atoms with van der Waals surface area (Å²) < 4.78 is 70.5. The highest BCUT2D eigenvalue weighted by molar-refractivity contribution is 7.93. The minimum atomic E-state index is -4.23. The van der Waals surface area contributed by atoms with Crippen LogP contribution in [0.15, 0.2) is 35.5 Å². The van der Waals surface area contributed by atoms with Crippen LogP contribution in [0.25, 0.3) is 5.52 Å². The highest BCUT2D eigenvalue weighted by Crippen LogP contribution is 2.45. The van der Waals surface area contributed by atoms with E-state index >= 15 is 0 Å². The Bertz CT molecular complexity index is 1460. The lowest BCUT2D eigenvalue weighted by atomic mass is 10.0. The number of hydrogen-bond acceptors (Lipinski definition) is 6. The van der Waals surface area contributed by atoms with Crippen LogP contribution in [0, 0.1) is 11.6 Å². The zero-order chi connectivity index (χ0) is 25.9. The first-order valence-electron chi connectivity index (χ1n) is 10.6. The lowest BCUT2D eigenvalue weighted by Gasteiger charge is -2.32. The monoisotopic (exact) mass is 507 g/mol. The standard InChI is InChI=1S/C23H22F3N4O4S/c1-23(2,3)35(33,34)18-10-30-20(12(11-31)8-28-30)19(22(27)32)21(18)29-9-14(25)7-17(29)15-6-13(24)4-5-16(15)26/h4-6,8,10,14,17H,7,9H2,1-3H3,(H2,27,32)/t14-,17-/m1/s1. The molecule has 1 aliphatic rings. The van der Waals surface area contributed by atoms with Crippen molar-refractivity contribution in [1.82, 2.24) is 9.61 Å². The fraction of sp³-hybridized carbons (Fsp3) is 0.348. The van der Waals surface area contributed by atoms with E-state index in [2.05, 4.69) is 5.10 Å². The molecule has 2 atom stereocenters. The Kier molecular flexibility index (Phi) is 5.90. The first kappa shape index (κ1) is 24.7. The highest BCUT2D eigenvalue weighted by atomic mass is 32.2. The first-order chi connectivity index (χ1) is 16.3. The van der Waals surface area contributed by atoms with Gasteiger partial charge in [-0.2, -0.15) is 5.10 Å². The second-order valence-corrected chi connectivity index (χ2v) is 12.0. The molecule has 35 heavy (non-hydrogen) atoms. The number of fused-ring (bicyclic) bond motifs is 1. The number of hydrogen-bond donors (Lipinski definition) is 1. The minimum absolute atomic E-state index is 0.129. The van der Waals surface area contributed by atoms with Crippen LogP contribution in [0.1, 0.15) is 54.7 Å². The van der Waals surface area contributed by atoms with Gasteiger partial charge in [0.25, 0.3) is 5.91 Å². The van der Waals surface area contributed by atoms with Gasteiger partial charge in [-0.25, -0.2) is 26.1 Å². The Hall–Kier alpha value is -3.41. The summed E-state index contributed by atoms with van der Waals surface area (Å²) in [4.78, 5) is 25.1. The highest BCUT2D eigenvalue weighted by Gasteiger charge is 2.43. The number of carbonyl (C=O) groups excluding carboxylic acids is 2. The molecule has 0 bridgehead atoms. The molecule has 185 valence electrons. The normalized spacial score (nSPS) is 18.9. The van der Waals surface area contributed by atoms with E-state index in [4.69, 9.17) is 5.73 Å². The lowest BCUT2D eigenvalue weighted by Crippen LogP contribution is -2.34. The Balaban J connectivity index is 2.14. The van der Waals surface area contributed by atoms with Crippen LogP contribution in [0.2, 0.25) is 0 Å². The van der Waals surface area contributed by atoms with E-state index in [0.717, 1.165) is 35.1 Å². The molecule has 1 saturated heterocycles. The van der Waals surface area contributed by atoms with Crippen molar-refractivity contribution in [2.24, 2.45) is 5.73 Å². The van der Waals surface area contributed by atoms with Crippen molar-refractivity contribution in [1.29, 1.82) is 0 Å². The number of alkyl halides is 1. The van der Waals surface area contributed by atoms with Crippen molar-refractivity contribution in [3.8, 4) is 0 Å². The molecule has 4 rings (SSSR count). The molecule has 0 unspecified atom stereocenters. The smallest absolute Gasteiger partial charge is 0.253 e. The Labute approximate surface area is 199 Å². The third kappa shape index (κ3) is 3.95. The van der Waals surface area contributed by atoms with Crippen LogP contribution >= 0.6 is 0 Å². The number of aromatic nitrogens is 2. The van der Waals surface area contributed by atoms with Gasteiger partial charge in [-0.1, -0.05) is 0 Å². The SMILES string of the molecule is CC(C)(C)S(=O)(=O)c1cn2ncc([C]=O)c2c(C(N)=O)c1N1C[C@H](F)C[C@@H]1c1cc(F)ccc1F. The number of halogens is 3. The number of primary amides is 1. The maximum absolute atomic E-state index is 14.8. The fourth-order valence-corrected chi connectivity index (χ4v) is 5.71. The average Bonchev–Trinajstić information content (AvgIpc) is 3.35. The third-order valence-corrected chi connectivity index (χ3v) is 8.54.